The van der Waals surface area contributed by atoms with Crippen LogP contribution in [0.15, 0.2) is 0 Å². The van der Waals surface area contributed by atoms with E-state index in [1.165, 1.54) is 0 Å². The number of carboxylic acid groups (broad SMARTS) is 3. The summed E-state index contributed by atoms with van der Waals surface area (Å²) in [7, 11) is 0. The minimum atomic E-state index is -1.74. The maximum absolute atomic E-state index is 12.6. The van der Waals surface area contributed by atoms with E-state index in [2.05, 4.69) is 16.0 Å². The zero-order chi connectivity index (χ0) is 26.6. The summed E-state index contributed by atoms with van der Waals surface area (Å²) in [5, 5.41) is 33.3. The zero-order valence-electron chi connectivity index (χ0n) is 18.8. The van der Waals surface area contributed by atoms with Gasteiger partial charge in [-0.2, -0.15) is 0 Å². The van der Waals surface area contributed by atoms with Crippen molar-refractivity contribution in [3.05, 3.63) is 0 Å². The number of carbonyl (C=O) groups is 7. The first kappa shape index (κ1) is 30.2. The van der Waals surface area contributed by atoms with E-state index in [0.29, 0.717) is 0 Å². The highest BCUT2D eigenvalue weighted by atomic mass is 16.4. The summed E-state index contributed by atoms with van der Waals surface area (Å²) < 4.78 is 0. The summed E-state index contributed by atoms with van der Waals surface area (Å²) in [6.07, 6.45) is -2.36. The highest BCUT2D eigenvalue weighted by Crippen LogP contribution is 2.07. The fourth-order valence-electron chi connectivity index (χ4n) is 2.72. The van der Waals surface area contributed by atoms with Crippen LogP contribution < -0.4 is 27.4 Å². The van der Waals surface area contributed by atoms with Crippen molar-refractivity contribution < 1.29 is 48.9 Å². The van der Waals surface area contributed by atoms with E-state index >= 15 is 0 Å². The van der Waals surface area contributed by atoms with E-state index in [4.69, 9.17) is 21.7 Å². The first-order valence-corrected chi connectivity index (χ1v) is 10.2. The van der Waals surface area contributed by atoms with Crippen LogP contribution in [-0.4, -0.2) is 81.0 Å². The molecule has 192 valence electrons. The first-order chi connectivity index (χ1) is 15.6. The van der Waals surface area contributed by atoms with Gasteiger partial charge in [0.25, 0.3) is 0 Å². The van der Waals surface area contributed by atoms with E-state index < -0.39 is 85.0 Å². The second-order valence-electron chi connectivity index (χ2n) is 7.96. The van der Waals surface area contributed by atoms with Gasteiger partial charge in [-0.1, -0.05) is 13.8 Å². The molecule has 15 nitrogen and oxygen atoms in total. The van der Waals surface area contributed by atoms with Gasteiger partial charge in [0.2, 0.25) is 23.6 Å². The SMILES string of the molecule is CC(C)CC(NC(=O)C(CC(=O)O)NC(=O)C(CC(N)=O)NC(=O)C(N)CCC(=O)O)C(=O)O. The van der Waals surface area contributed by atoms with E-state index in [1.807, 2.05) is 0 Å². The molecule has 15 heteroatoms. The van der Waals surface area contributed by atoms with Gasteiger partial charge < -0.3 is 42.7 Å². The van der Waals surface area contributed by atoms with E-state index in [9.17, 15) is 38.7 Å². The lowest BCUT2D eigenvalue weighted by Gasteiger charge is -2.24. The second kappa shape index (κ2) is 14.4. The Kier molecular flexibility index (Phi) is 12.8. The summed E-state index contributed by atoms with van der Waals surface area (Å²) in [4.78, 5) is 81.9. The topological polar surface area (TPSA) is 268 Å². The molecule has 0 aromatic heterocycles. The lowest BCUT2D eigenvalue weighted by Crippen LogP contribution is -2.58. The third-order valence-corrected chi connectivity index (χ3v) is 4.38. The molecule has 0 saturated carbocycles. The predicted molar refractivity (Wildman–Crippen MR) is 114 cm³/mol. The molecule has 0 heterocycles. The predicted octanol–water partition coefficient (Wildman–Crippen LogP) is -2.89. The van der Waals surface area contributed by atoms with Crippen LogP contribution in [0, 0.1) is 5.92 Å². The van der Waals surface area contributed by atoms with Crippen LogP contribution in [0.25, 0.3) is 0 Å². The molecule has 34 heavy (non-hydrogen) atoms. The van der Waals surface area contributed by atoms with Crippen molar-refractivity contribution in [2.75, 3.05) is 0 Å². The number of amides is 4. The van der Waals surface area contributed by atoms with Crippen molar-refractivity contribution in [2.24, 2.45) is 17.4 Å². The van der Waals surface area contributed by atoms with Gasteiger partial charge in [-0.15, -0.1) is 0 Å². The van der Waals surface area contributed by atoms with Gasteiger partial charge in [-0.05, 0) is 18.8 Å². The number of carbonyl (C=O) groups excluding carboxylic acids is 4. The fourth-order valence-corrected chi connectivity index (χ4v) is 2.72. The molecule has 0 aliphatic heterocycles. The molecule has 0 aromatic rings. The highest BCUT2D eigenvalue weighted by Gasteiger charge is 2.32. The molecule has 4 amide bonds. The second-order valence-corrected chi connectivity index (χ2v) is 7.96. The third-order valence-electron chi connectivity index (χ3n) is 4.38. The van der Waals surface area contributed by atoms with Crippen LogP contribution in [-0.2, 0) is 33.6 Å². The van der Waals surface area contributed by atoms with Gasteiger partial charge in [0.15, 0.2) is 0 Å². The quantitative estimate of drug-likeness (QED) is 0.109. The highest BCUT2D eigenvalue weighted by molar-refractivity contribution is 5.97. The summed E-state index contributed by atoms with van der Waals surface area (Å²) in [6.45, 7) is 3.41. The van der Waals surface area contributed by atoms with Gasteiger partial charge >= 0.3 is 17.9 Å². The Hall–Kier alpha value is -3.75. The molecule has 0 rings (SSSR count). The standard InChI is InChI=1S/C19H31N5O10/c1-8(2)5-12(19(33)34)24-18(32)11(7-15(28)29)23-17(31)10(6-13(21)25)22-16(30)9(20)3-4-14(26)27/h8-12H,3-7,20H2,1-2H3,(H2,21,25)(H,22,30)(H,23,31)(H,24,32)(H,26,27)(H,28,29)(H,33,34). The van der Waals surface area contributed by atoms with E-state index in [1.54, 1.807) is 13.8 Å². The van der Waals surface area contributed by atoms with Crippen LogP contribution in [0.5, 0.6) is 0 Å². The molecule has 0 bridgehead atoms. The normalized spacial score (nSPS) is 14.2. The molecular weight excluding hydrogens is 458 g/mol. The van der Waals surface area contributed by atoms with Gasteiger partial charge in [-0.3, -0.25) is 28.8 Å². The Morgan fingerprint density at radius 2 is 1.21 bits per heavy atom. The number of primary amides is 1. The van der Waals surface area contributed by atoms with E-state index in [-0.39, 0.29) is 18.8 Å². The number of nitrogens with two attached hydrogens (primary N) is 2. The summed E-state index contributed by atoms with van der Waals surface area (Å²) >= 11 is 0. The smallest absolute Gasteiger partial charge is 0.326 e. The number of hydrogen-bond donors (Lipinski definition) is 8. The Balaban J connectivity index is 5.52. The van der Waals surface area contributed by atoms with Gasteiger partial charge in [0, 0.05) is 6.42 Å². The first-order valence-electron chi connectivity index (χ1n) is 10.2. The van der Waals surface area contributed by atoms with Crippen molar-refractivity contribution in [1.29, 1.82) is 0 Å². The van der Waals surface area contributed by atoms with Crippen LogP contribution >= 0.6 is 0 Å². The lowest BCUT2D eigenvalue weighted by molar-refractivity contribution is -0.144. The molecule has 0 aromatic carbocycles. The third kappa shape index (κ3) is 12.3. The fraction of sp³-hybridized carbons (Fsp3) is 0.632. The Bertz CT molecular complexity index is 800. The maximum Gasteiger partial charge on any atom is 0.326 e. The van der Waals surface area contributed by atoms with Crippen LogP contribution in [0.3, 0.4) is 0 Å². The Morgan fingerprint density at radius 3 is 1.62 bits per heavy atom. The minimum Gasteiger partial charge on any atom is -0.481 e. The number of aliphatic carboxylic acids is 3. The van der Waals surface area contributed by atoms with Crippen molar-refractivity contribution >= 4 is 41.5 Å². The summed E-state index contributed by atoms with van der Waals surface area (Å²) in [5.41, 5.74) is 10.6. The van der Waals surface area contributed by atoms with Crippen LogP contribution in [0.2, 0.25) is 0 Å². The molecular formula is C19H31N5O10. The van der Waals surface area contributed by atoms with Crippen molar-refractivity contribution in [1.82, 2.24) is 16.0 Å². The number of nitrogens with one attached hydrogen (secondary N) is 3. The molecule has 0 radical (unpaired) electrons. The molecule has 0 saturated heterocycles. The van der Waals surface area contributed by atoms with Crippen molar-refractivity contribution in [3.8, 4) is 0 Å². The zero-order valence-corrected chi connectivity index (χ0v) is 18.8. The van der Waals surface area contributed by atoms with Crippen LogP contribution in [0.1, 0.15) is 46.0 Å². The van der Waals surface area contributed by atoms with Gasteiger partial charge in [0.1, 0.15) is 18.1 Å². The summed E-state index contributed by atoms with van der Waals surface area (Å²) in [6, 6.07) is -6.10. The number of carboxylic acids is 3. The summed E-state index contributed by atoms with van der Waals surface area (Å²) in [5.74, 6) is -8.48. The number of hydrogen-bond acceptors (Lipinski definition) is 8. The molecule has 4 unspecified atom stereocenters. The molecule has 4 atom stereocenters. The Labute approximate surface area is 194 Å². The van der Waals surface area contributed by atoms with E-state index in [0.717, 1.165) is 0 Å². The van der Waals surface area contributed by atoms with Crippen LogP contribution in [0.4, 0.5) is 0 Å². The molecule has 0 fully saturated rings. The molecule has 10 N–H and O–H groups in total. The molecule has 0 aliphatic rings. The average molecular weight is 489 g/mol. The van der Waals surface area contributed by atoms with Gasteiger partial charge in [0.05, 0.1) is 18.9 Å². The Morgan fingerprint density at radius 1 is 0.735 bits per heavy atom. The monoisotopic (exact) mass is 489 g/mol. The van der Waals surface area contributed by atoms with Gasteiger partial charge in [-0.25, -0.2) is 4.79 Å². The molecule has 0 aliphatic carbocycles. The van der Waals surface area contributed by atoms with Crippen molar-refractivity contribution in [3.63, 3.8) is 0 Å². The lowest BCUT2D eigenvalue weighted by atomic mass is 10.0. The van der Waals surface area contributed by atoms with Crippen molar-refractivity contribution in [2.45, 2.75) is 70.1 Å². The minimum absolute atomic E-state index is 0.0312. The maximum atomic E-state index is 12.6. The largest absolute Gasteiger partial charge is 0.481 e. The molecule has 0 spiro atoms. The average Bonchev–Trinajstić information content (AvgIpc) is 2.68. The number of rotatable bonds is 16.